The molecule has 0 spiro atoms. The highest BCUT2D eigenvalue weighted by molar-refractivity contribution is 5.88. The second-order valence-corrected chi connectivity index (χ2v) is 3.58. The van der Waals surface area contributed by atoms with E-state index < -0.39 is 0 Å². The van der Waals surface area contributed by atoms with Crippen LogP contribution in [0.2, 0.25) is 0 Å². The molecule has 2 heteroatoms. The summed E-state index contributed by atoms with van der Waals surface area (Å²) in [4.78, 5) is 11.3. The lowest BCUT2D eigenvalue weighted by atomic mass is 10.0. The Kier molecular flexibility index (Phi) is 7.17. The van der Waals surface area contributed by atoms with E-state index in [-0.39, 0.29) is 5.97 Å². The molecule has 0 heterocycles. The molecule has 0 saturated heterocycles. The van der Waals surface area contributed by atoms with E-state index >= 15 is 0 Å². The summed E-state index contributed by atoms with van der Waals surface area (Å²) in [6.07, 6.45) is 4.62. The van der Waals surface area contributed by atoms with Crippen molar-refractivity contribution in [2.24, 2.45) is 0 Å². The van der Waals surface area contributed by atoms with Gasteiger partial charge < -0.3 is 4.74 Å². The van der Waals surface area contributed by atoms with Gasteiger partial charge in [-0.25, -0.2) is 4.79 Å². The van der Waals surface area contributed by atoms with Gasteiger partial charge in [0.2, 0.25) is 0 Å². The minimum Gasteiger partial charge on any atom is -0.463 e. The summed E-state index contributed by atoms with van der Waals surface area (Å²) in [5.41, 5.74) is 1.94. The van der Waals surface area contributed by atoms with Crippen LogP contribution in [0.25, 0.3) is 0 Å². The van der Waals surface area contributed by atoms with E-state index in [1.54, 1.807) is 0 Å². The molecular weight excluding hydrogens is 176 g/mol. The molecule has 0 aromatic carbocycles. The fourth-order valence-corrected chi connectivity index (χ4v) is 1.24. The molecule has 0 aromatic rings. The Labute approximate surface area is 87.3 Å². The first kappa shape index (κ1) is 13.2. The summed E-state index contributed by atoms with van der Waals surface area (Å²) in [5, 5.41) is 0. The number of ether oxygens (including phenoxy) is 1. The number of hydrogen-bond acceptors (Lipinski definition) is 2. The summed E-state index contributed by atoms with van der Waals surface area (Å²) in [7, 11) is 0. The fourth-order valence-electron chi connectivity index (χ4n) is 1.24. The van der Waals surface area contributed by atoms with E-state index in [1.165, 1.54) is 19.3 Å². The SMILES string of the molecule is CCCCCC(C)=C(C)C(=O)OCC. The molecule has 0 bridgehead atoms. The van der Waals surface area contributed by atoms with Crippen LogP contribution in [0.4, 0.5) is 0 Å². The highest BCUT2D eigenvalue weighted by atomic mass is 16.5. The highest BCUT2D eigenvalue weighted by Crippen LogP contribution is 2.13. The quantitative estimate of drug-likeness (QED) is 0.371. The zero-order valence-electron chi connectivity index (χ0n) is 9.85. The average molecular weight is 198 g/mol. The Bertz CT molecular complexity index is 204. The van der Waals surface area contributed by atoms with E-state index in [9.17, 15) is 4.79 Å². The Morgan fingerprint density at radius 3 is 2.29 bits per heavy atom. The molecule has 0 unspecified atom stereocenters. The number of carbonyl (C=O) groups excluding carboxylic acids is 1. The Morgan fingerprint density at radius 1 is 1.14 bits per heavy atom. The number of allylic oxidation sites excluding steroid dienone is 1. The lowest BCUT2D eigenvalue weighted by Gasteiger charge is -2.06. The van der Waals surface area contributed by atoms with Gasteiger partial charge in [-0.05, 0) is 33.6 Å². The largest absolute Gasteiger partial charge is 0.463 e. The first-order chi connectivity index (χ1) is 6.63. The predicted molar refractivity (Wildman–Crippen MR) is 59.1 cm³/mol. The lowest BCUT2D eigenvalue weighted by Crippen LogP contribution is -2.07. The smallest absolute Gasteiger partial charge is 0.333 e. The molecule has 82 valence electrons. The molecule has 0 amide bonds. The van der Waals surface area contributed by atoms with Crippen molar-refractivity contribution in [3.05, 3.63) is 11.1 Å². The van der Waals surface area contributed by atoms with Crippen LogP contribution in [0.15, 0.2) is 11.1 Å². The average Bonchev–Trinajstić information content (AvgIpc) is 2.17. The zero-order valence-corrected chi connectivity index (χ0v) is 9.85. The predicted octanol–water partition coefficient (Wildman–Crippen LogP) is 3.47. The first-order valence-corrected chi connectivity index (χ1v) is 5.46. The Hall–Kier alpha value is -0.790. The number of carbonyl (C=O) groups is 1. The Morgan fingerprint density at radius 2 is 1.79 bits per heavy atom. The molecular formula is C12H22O2. The number of esters is 1. The van der Waals surface area contributed by atoms with Gasteiger partial charge in [0.25, 0.3) is 0 Å². The number of rotatable bonds is 6. The molecule has 0 aliphatic carbocycles. The van der Waals surface area contributed by atoms with Crippen molar-refractivity contribution in [3.63, 3.8) is 0 Å². The summed E-state index contributed by atoms with van der Waals surface area (Å²) >= 11 is 0. The molecule has 0 aliphatic rings. The van der Waals surface area contributed by atoms with Crippen LogP contribution in [0, 0.1) is 0 Å². The van der Waals surface area contributed by atoms with Gasteiger partial charge in [-0.15, -0.1) is 0 Å². The molecule has 0 saturated carbocycles. The van der Waals surface area contributed by atoms with Crippen molar-refractivity contribution >= 4 is 5.97 Å². The van der Waals surface area contributed by atoms with E-state index in [0.717, 1.165) is 17.6 Å². The third-order valence-electron chi connectivity index (χ3n) is 2.38. The summed E-state index contributed by atoms with van der Waals surface area (Å²) in [5.74, 6) is -0.165. The van der Waals surface area contributed by atoms with Crippen LogP contribution in [-0.2, 0) is 9.53 Å². The Balaban J connectivity index is 4.06. The van der Waals surface area contributed by atoms with Crippen molar-refractivity contribution in [1.29, 1.82) is 0 Å². The second-order valence-electron chi connectivity index (χ2n) is 3.58. The zero-order chi connectivity index (χ0) is 11.0. The minimum atomic E-state index is -0.165. The molecule has 0 atom stereocenters. The minimum absolute atomic E-state index is 0.165. The first-order valence-electron chi connectivity index (χ1n) is 5.46. The second kappa shape index (κ2) is 7.60. The van der Waals surface area contributed by atoms with Gasteiger partial charge in [-0.1, -0.05) is 25.3 Å². The molecule has 0 N–H and O–H groups in total. The van der Waals surface area contributed by atoms with E-state index in [2.05, 4.69) is 6.92 Å². The fraction of sp³-hybridized carbons (Fsp3) is 0.750. The van der Waals surface area contributed by atoms with Crippen LogP contribution >= 0.6 is 0 Å². The van der Waals surface area contributed by atoms with Gasteiger partial charge in [0.1, 0.15) is 0 Å². The van der Waals surface area contributed by atoms with Crippen LogP contribution in [-0.4, -0.2) is 12.6 Å². The maximum atomic E-state index is 11.3. The summed E-state index contributed by atoms with van der Waals surface area (Å²) < 4.78 is 4.93. The molecule has 0 aromatic heterocycles. The van der Waals surface area contributed by atoms with Gasteiger partial charge in [0.15, 0.2) is 0 Å². The van der Waals surface area contributed by atoms with Crippen molar-refractivity contribution in [3.8, 4) is 0 Å². The molecule has 0 radical (unpaired) electrons. The maximum absolute atomic E-state index is 11.3. The number of hydrogen-bond donors (Lipinski definition) is 0. The van der Waals surface area contributed by atoms with Crippen LogP contribution in [0.3, 0.4) is 0 Å². The van der Waals surface area contributed by atoms with Crippen LogP contribution in [0.1, 0.15) is 53.4 Å². The van der Waals surface area contributed by atoms with Crippen molar-refractivity contribution in [1.82, 2.24) is 0 Å². The van der Waals surface area contributed by atoms with Gasteiger partial charge >= 0.3 is 5.97 Å². The van der Waals surface area contributed by atoms with Crippen LogP contribution in [0.5, 0.6) is 0 Å². The van der Waals surface area contributed by atoms with Gasteiger partial charge in [0.05, 0.1) is 6.61 Å². The molecule has 2 nitrogen and oxygen atoms in total. The van der Waals surface area contributed by atoms with E-state index in [4.69, 9.17) is 4.74 Å². The van der Waals surface area contributed by atoms with Gasteiger partial charge in [0, 0.05) is 5.57 Å². The summed E-state index contributed by atoms with van der Waals surface area (Å²) in [6.45, 7) is 8.33. The van der Waals surface area contributed by atoms with Crippen molar-refractivity contribution in [2.45, 2.75) is 53.4 Å². The number of unbranched alkanes of at least 4 members (excludes halogenated alkanes) is 2. The van der Waals surface area contributed by atoms with Gasteiger partial charge in [-0.2, -0.15) is 0 Å². The van der Waals surface area contributed by atoms with Crippen molar-refractivity contribution < 1.29 is 9.53 Å². The molecule has 14 heavy (non-hydrogen) atoms. The lowest BCUT2D eigenvalue weighted by molar-refractivity contribution is -0.138. The van der Waals surface area contributed by atoms with E-state index in [1.807, 2.05) is 20.8 Å². The molecule has 0 rings (SSSR count). The summed E-state index contributed by atoms with van der Waals surface area (Å²) in [6, 6.07) is 0. The third-order valence-corrected chi connectivity index (χ3v) is 2.38. The highest BCUT2D eigenvalue weighted by Gasteiger charge is 2.07. The van der Waals surface area contributed by atoms with Crippen LogP contribution < -0.4 is 0 Å². The normalized spacial score (nSPS) is 12.3. The van der Waals surface area contributed by atoms with Gasteiger partial charge in [-0.3, -0.25) is 0 Å². The third kappa shape index (κ3) is 5.05. The topological polar surface area (TPSA) is 26.3 Å². The van der Waals surface area contributed by atoms with Crippen molar-refractivity contribution in [2.75, 3.05) is 6.61 Å². The monoisotopic (exact) mass is 198 g/mol. The van der Waals surface area contributed by atoms with E-state index in [0.29, 0.717) is 6.61 Å². The maximum Gasteiger partial charge on any atom is 0.333 e. The molecule has 0 fully saturated rings. The standard InChI is InChI=1S/C12H22O2/c1-5-7-8-9-10(3)11(4)12(13)14-6-2/h5-9H2,1-4H3. The molecule has 0 aliphatic heterocycles.